The van der Waals surface area contributed by atoms with Crippen molar-refractivity contribution in [3.8, 4) is 0 Å². The summed E-state index contributed by atoms with van der Waals surface area (Å²) in [4.78, 5) is 33.4. The quantitative estimate of drug-likeness (QED) is 0.296. The number of nitrogens with zero attached hydrogens (tertiary/aromatic N) is 1. The molecular weight excluding hydrogens is 307 g/mol. The van der Waals surface area contributed by atoms with Gasteiger partial charge in [0.1, 0.15) is 0 Å². The SMILES string of the molecule is CCOC(=O)C(=O)/C(N=O)=C(\O)c1ccc(C(F)(F)F)cc1. The molecule has 9 heteroatoms. The van der Waals surface area contributed by atoms with Crippen LogP contribution in [0.4, 0.5) is 13.2 Å². The maximum absolute atomic E-state index is 12.4. The maximum Gasteiger partial charge on any atom is 0.416 e. The second kappa shape index (κ2) is 6.83. The fraction of sp³-hybridized carbons (Fsp3) is 0.231. The molecule has 0 saturated carbocycles. The van der Waals surface area contributed by atoms with Crippen LogP contribution >= 0.6 is 0 Å². The van der Waals surface area contributed by atoms with E-state index >= 15 is 0 Å². The zero-order chi connectivity index (χ0) is 16.9. The molecule has 1 N–H and O–H groups in total. The van der Waals surface area contributed by atoms with E-state index in [0.717, 1.165) is 12.1 Å². The molecule has 0 aliphatic rings. The normalized spacial score (nSPS) is 12.4. The van der Waals surface area contributed by atoms with Gasteiger partial charge in [-0.2, -0.15) is 13.2 Å². The molecule has 1 aromatic carbocycles. The number of hydrogen-bond acceptors (Lipinski definition) is 6. The standard InChI is InChI=1S/C13H10F3NO5/c1-2-22-12(20)11(19)9(17-21)10(18)7-3-5-8(6-4-7)13(14,15)16/h3-6,18H,2H2,1H3/b10-9+. The van der Waals surface area contributed by atoms with Gasteiger partial charge in [0.2, 0.25) is 5.70 Å². The Kier molecular flexibility index (Phi) is 5.39. The highest BCUT2D eigenvalue weighted by atomic mass is 19.4. The van der Waals surface area contributed by atoms with Crippen LogP contribution < -0.4 is 0 Å². The van der Waals surface area contributed by atoms with E-state index in [9.17, 15) is 32.8 Å². The Morgan fingerprint density at radius 1 is 1.23 bits per heavy atom. The summed E-state index contributed by atoms with van der Waals surface area (Å²) in [6.07, 6.45) is -4.58. The molecule has 0 radical (unpaired) electrons. The van der Waals surface area contributed by atoms with Crippen molar-refractivity contribution >= 4 is 17.5 Å². The van der Waals surface area contributed by atoms with Gasteiger partial charge in [0.25, 0.3) is 5.78 Å². The van der Waals surface area contributed by atoms with E-state index < -0.39 is 34.9 Å². The number of aliphatic hydroxyl groups excluding tert-OH is 1. The first-order valence-corrected chi connectivity index (χ1v) is 5.88. The number of halogens is 3. The third kappa shape index (κ3) is 3.90. The summed E-state index contributed by atoms with van der Waals surface area (Å²) in [6.45, 7) is 1.27. The van der Waals surface area contributed by atoms with E-state index in [1.807, 2.05) is 0 Å². The average molecular weight is 317 g/mol. The highest BCUT2D eigenvalue weighted by molar-refractivity contribution is 6.41. The van der Waals surface area contributed by atoms with Crippen LogP contribution in [0.2, 0.25) is 0 Å². The fourth-order valence-electron chi connectivity index (χ4n) is 1.44. The number of rotatable bonds is 5. The zero-order valence-electron chi connectivity index (χ0n) is 11.2. The van der Waals surface area contributed by atoms with Crippen LogP contribution in [-0.4, -0.2) is 23.5 Å². The largest absolute Gasteiger partial charge is 0.505 e. The van der Waals surface area contributed by atoms with Crippen molar-refractivity contribution in [2.75, 3.05) is 6.61 Å². The van der Waals surface area contributed by atoms with Crippen molar-refractivity contribution in [1.82, 2.24) is 0 Å². The lowest BCUT2D eigenvalue weighted by Gasteiger charge is -2.08. The average Bonchev–Trinajstić information content (AvgIpc) is 2.47. The number of benzene rings is 1. The van der Waals surface area contributed by atoms with Gasteiger partial charge >= 0.3 is 12.1 Å². The summed E-state index contributed by atoms with van der Waals surface area (Å²) < 4.78 is 41.6. The number of aliphatic hydroxyl groups is 1. The van der Waals surface area contributed by atoms with E-state index in [-0.39, 0.29) is 12.2 Å². The molecule has 118 valence electrons. The van der Waals surface area contributed by atoms with Crippen LogP contribution in [0.5, 0.6) is 0 Å². The van der Waals surface area contributed by atoms with Crippen LogP contribution in [0.15, 0.2) is 35.1 Å². The van der Waals surface area contributed by atoms with E-state index in [0.29, 0.717) is 12.1 Å². The van der Waals surface area contributed by atoms with Crippen LogP contribution in [0.25, 0.3) is 5.76 Å². The Bertz CT molecular complexity index is 620. The highest BCUT2D eigenvalue weighted by Gasteiger charge is 2.31. The maximum atomic E-state index is 12.4. The molecule has 1 rings (SSSR count). The molecule has 0 heterocycles. The van der Waals surface area contributed by atoms with Gasteiger partial charge < -0.3 is 9.84 Å². The number of alkyl halides is 3. The Balaban J connectivity index is 3.19. The molecule has 1 aromatic rings. The lowest BCUT2D eigenvalue weighted by molar-refractivity contribution is -0.151. The second-order valence-electron chi connectivity index (χ2n) is 3.91. The molecule has 0 saturated heterocycles. The van der Waals surface area contributed by atoms with E-state index in [1.54, 1.807) is 0 Å². The first-order chi connectivity index (χ1) is 10.2. The predicted octanol–water partition coefficient (Wildman–Crippen LogP) is 2.83. The Labute approximate surface area is 122 Å². The first-order valence-electron chi connectivity index (χ1n) is 5.88. The number of nitroso groups, excluding NO2 is 1. The number of esters is 1. The lowest BCUT2D eigenvalue weighted by Crippen LogP contribution is -2.19. The molecule has 0 atom stereocenters. The van der Waals surface area contributed by atoms with Crippen molar-refractivity contribution in [3.63, 3.8) is 0 Å². The van der Waals surface area contributed by atoms with E-state index in [1.165, 1.54) is 6.92 Å². The van der Waals surface area contributed by atoms with Gasteiger partial charge in [-0.05, 0) is 24.2 Å². The van der Waals surface area contributed by atoms with Crippen LogP contribution in [-0.2, 0) is 20.5 Å². The minimum Gasteiger partial charge on any atom is -0.505 e. The van der Waals surface area contributed by atoms with Crippen molar-refractivity contribution in [2.45, 2.75) is 13.1 Å². The summed E-state index contributed by atoms with van der Waals surface area (Å²) in [7, 11) is 0. The van der Waals surface area contributed by atoms with Gasteiger partial charge in [0, 0.05) is 5.56 Å². The van der Waals surface area contributed by atoms with Crippen LogP contribution in [0, 0.1) is 4.91 Å². The summed E-state index contributed by atoms with van der Waals surface area (Å²) in [5.74, 6) is -3.91. The van der Waals surface area contributed by atoms with E-state index in [4.69, 9.17) is 0 Å². The molecule has 0 bridgehead atoms. The van der Waals surface area contributed by atoms with Gasteiger partial charge in [0.15, 0.2) is 5.76 Å². The lowest BCUT2D eigenvalue weighted by atomic mass is 10.1. The molecule has 0 aromatic heterocycles. The second-order valence-corrected chi connectivity index (χ2v) is 3.91. The minimum absolute atomic E-state index is 0.141. The summed E-state index contributed by atoms with van der Waals surface area (Å²) in [6, 6.07) is 2.95. The van der Waals surface area contributed by atoms with Gasteiger partial charge in [0.05, 0.1) is 12.2 Å². The van der Waals surface area contributed by atoms with Crippen molar-refractivity contribution < 1.29 is 32.6 Å². The number of Topliss-reactive ketones (excluding diaryl/α,β-unsaturated/α-hetero) is 1. The summed E-state index contributed by atoms with van der Waals surface area (Å²) in [5.41, 5.74) is -2.40. The Hall–Kier alpha value is -2.71. The zero-order valence-corrected chi connectivity index (χ0v) is 11.2. The van der Waals surface area contributed by atoms with Gasteiger partial charge in [-0.25, -0.2) is 4.79 Å². The Morgan fingerprint density at radius 3 is 2.18 bits per heavy atom. The molecule has 0 spiro atoms. The number of ether oxygens (including phenoxy) is 1. The van der Waals surface area contributed by atoms with E-state index in [2.05, 4.69) is 9.91 Å². The highest BCUT2D eigenvalue weighted by Crippen LogP contribution is 2.30. The number of ketones is 1. The third-order valence-electron chi connectivity index (χ3n) is 2.48. The van der Waals surface area contributed by atoms with Gasteiger partial charge in [-0.3, -0.25) is 4.79 Å². The smallest absolute Gasteiger partial charge is 0.416 e. The molecule has 0 aliphatic heterocycles. The number of hydrogen-bond donors (Lipinski definition) is 1. The molecule has 0 fully saturated rings. The molecule has 0 unspecified atom stereocenters. The number of carbonyl (C=O) groups excluding carboxylic acids is 2. The Morgan fingerprint density at radius 2 is 1.77 bits per heavy atom. The molecular formula is C13H10F3NO5. The van der Waals surface area contributed by atoms with Crippen molar-refractivity contribution in [1.29, 1.82) is 0 Å². The van der Waals surface area contributed by atoms with Crippen molar-refractivity contribution in [3.05, 3.63) is 46.0 Å². The molecule has 0 aliphatic carbocycles. The molecule has 0 amide bonds. The monoisotopic (exact) mass is 317 g/mol. The van der Waals surface area contributed by atoms with Crippen LogP contribution in [0.1, 0.15) is 18.1 Å². The fourth-order valence-corrected chi connectivity index (χ4v) is 1.44. The van der Waals surface area contributed by atoms with Crippen LogP contribution in [0.3, 0.4) is 0 Å². The molecule has 22 heavy (non-hydrogen) atoms. The topological polar surface area (TPSA) is 93.0 Å². The van der Waals surface area contributed by atoms with Crippen molar-refractivity contribution in [2.24, 2.45) is 5.18 Å². The third-order valence-corrected chi connectivity index (χ3v) is 2.48. The van der Waals surface area contributed by atoms with Gasteiger partial charge in [-0.15, -0.1) is 4.91 Å². The first kappa shape index (κ1) is 17.3. The predicted molar refractivity (Wildman–Crippen MR) is 68.4 cm³/mol. The summed E-state index contributed by atoms with van der Waals surface area (Å²) in [5, 5.41) is 12.0. The van der Waals surface area contributed by atoms with Gasteiger partial charge in [-0.1, -0.05) is 12.1 Å². The minimum atomic E-state index is -4.58. The number of carbonyl (C=O) groups is 2. The summed E-state index contributed by atoms with van der Waals surface area (Å²) >= 11 is 0. The molecule has 6 nitrogen and oxygen atoms in total.